The number of ketones is 1. The van der Waals surface area contributed by atoms with Crippen LogP contribution in [0.5, 0.6) is 5.75 Å². The lowest BCUT2D eigenvalue weighted by molar-refractivity contribution is -0.128. The molecule has 2 fully saturated rings. The molecule has 2 heteroatoms. The Bertz CT molecular complexity index is 729. The molecule has 2 nitrogen and oxygen atoms in total. The third kappa shape index (κ3) is 1.20. The second kappa shape index (κ2) is 3.43. The van der Waals surface area contributed by atoms with Gasteiger partial charge in [0.15, 0.2) is 0 Å². The molecule has 0 radical (unpaired) electrons. The van der Waals surface area contributed by atoms with Crippen molar-refractivity contribution in [1.82, 2.24) is 0 Å². The Labute approximate surface area is 124 Å². The predicted molar refractivity (Wildman–Crippen MR) is 80.9 cm³/mol. The Balaban J connectivity index is 1.72. The van der Waals surface area contributed by atoms with Crippen molar-refractivity contribution in [2.75, 3.05) is 0 Å². The smallest absolute Gasteiger partial charge is 0.139 e. The molecule has 0 aliphatic heterocycles. The molecule has 0 amide bonds. The van der Waals surface area contributed by atoms with E-state index in [0.29, 0.717) is 17.5 Å². The number of aryl methyl sites for hydroxylation is 1. The van der Waals surface area contributed by atoms with Gasteiger partial charge in [-0.15, -0.1) is 0 Å². The van der Waals surface area contributed by atoms with Gasteiger partial charge in [0.2, 0.25) is 0 Å². The molecular weight excluding hydrogens is 260 g/mol. The number of carbonyl (C=O) groups is 1. The zero-order valence-corrected chi connectivity index (χ0v) is 12.4. The Kier molecular flexibility index (Phi) is 1.96. The molecule has 1 aromatic rings. The largest absolute Gasteiger partial charge is 0.508 e. The van der Waals surface area contributed by atoms with Gasteiger partial charge in [0.05, 0.1) is 0 Å². The van der Waals surface area contributed by atoms with Crippen molar-refractivity contribution in [1.29, 1.82) is 0 Å². The van der Waals surface area contributed by atoms with Gasteiger partial charge in [0, 0.05) is 17.3 Å². The molecule has 0 heterocycles. The average molecular weight is 280 g/mol. The number of allylic oxidation sites excluding steroid dienone is 2. The van der Waals surface area contributed by atoms with Gasteiger partial charge in [0.25, 0.3) is 0 Å². The van der Waals surface area contributed by atoms with E-state index >= 15 is 0 Å². The van der Waals surface area contributed by atoms with Crippen molar-refractivity contribution in [3.63, 3.8) is 0 Å². The van der Waals surface area contributed by atoms with Crippen LogP contribution < -0.4 is 0 Å². The van der Waals surface area contributed by atoms with Crippen LogP contribution in [0.25, 0.3) is 5.57 Å². The number of benzene rings is 1. The van der Waals surface area contributed by atoms with Gasteiger partial charge in [0.1, 0.15) is 11.5 Å². The second-order valence-electron chi connectivity index (χ2n) is 7.63. The summed E-state index contributed by atoms with van der Waals surface area (Å²) in [7, 11) is 0. The second-order valence-corrected chi connectivity index (χ2v) is 7.63. The Morgan fingerprint density at radius 1 is 1.24 bits per heavy atom. The van der Waals surface area contributed by atoms with Crippen LogP contribution in [0, 0.1) is 16.7 Å². The molecule has 21 heavy (non-hydrogen) atoms. The fourth-order valence-corrected chi connectivity index (χ4v) is 5.82. The lowest BCUT2D eigenvalue weighted by Crippen LogP contribution is -2.38. The third-order valence-corrected chi connectivity index (χ3v) is 6.97. The van der Waals surface area contributed by atoms with E-state index in [1.165, 1.54) is 23.1 Å². The minimum atomic E-state index is -0.0784. The minimum Gasteiger partial charge on any atom is -0.508 e. The van der Waals surface area contributed by atoms with Crippen LogP contribution in [-0.4, -0.2) is 10.9 Å². The van der Waals surface area contributed by atoms with Crippen molar-refractivity contribution in [2.45, 2.75) is 45.4 Å². The maximum absolute atomic E-state index is 12.5. The summed E-state index contributed by atoms with van der Waals surface area (Å²) in [6.45, 7) is 2.23. The van der Waals surface area contributed by atoms with E-state index in [-0.39, 0.29) is 10.8 Å². The molecule has 0 saturated heterocycles. The molecular formula is C19H20O2. The number of phenols is 1. The number of fused-ring (bicyclic) bond motifs is 2. The highest BCUT2D eigenvalue weighted by atomic mass is 16.3. The molecule has 4 aliphatic carbocycles. The molecule has 4 aliphatic rings. The van der Waals surface area contributed by atoms with Crippen LogP contribution in [0.2, 0.25) is 0 Å². The average Bonchev–Trinajstić information content (AvgIpc) is 3.12. The SMILES string of the molecule is C[C@]12CCC3=C(CCc4cc(O)ccc43)[C@@]13C[C@H]3CC2=O. The van der Waals surface area contributed by atoms with E-state index in [1.54, 1.807) is 5.57 Å². The molecule has 3 atom stereocenters. The van der Waals surface area contributed by atoms with Gasteiger partial charge in [-0.2, -0.15) is 0 Å². The molecule has 108 valence electrons. The third-order valence-electron chi connectivity index (χ3n) is 6.97. The molecule has 0 bridgehead atoms. The summed E-state index contributed by atoms with van der Waals surface area (Å²) in [5.41, 5.74) is 5.87. The van der Waals surface area contributed by atoms with Crippen molar-refractivity contribution in [2.24, 2.45) is 16.7 Å². The molecule has 5 rings (SSSR count). The highest BCUT2D eigenvalue weighted by Crippen LogP contribution is 2.78. The molecule has 1 aromatic carbocycles. The van der Waals surface area contributed by atoms with Gasteiger partial charge in [-0.25, -0.2) is 0 Å². The van der Waals surface area contributed by atoms with Crippen LogP contribution in [0.4, 0.5) is 0 Å². The number of aromatic hydroxyl groups is 1. The predicted octanol–water partition coefficient (Wildman–Crippen LogP) is 3.87. The number of hydrogen-bond donors (Lipinski definition) is 1. The van der Waals surface area contributed by atoms with Crippen LogP contribution in [0.15, 0.2) is 23.8 Å². The molecule has 1 N–H and O–H groups in total. The zero-order chi connectivity index (χ0) is 14.4. The zero-order valence-electron chi connectivity index (χ0n) is 12.4. The van der Waals surface area contributed by atoms with Crippen LogP contribution in [0.1, 0.15) is 50.2 Å². The highest BCUT2D eigenvalue weighted by Gasteiger charge is 2.74. The van der Waals surface area contributed by atoms with E-state index in [2.05, 4.69) is 13.0 Å². The monoisotopic (exact) mass is 280 g/mol. The van der Waals surface area contributed by atoms with Gasteiger partial charge in [-0.3, -0.25) is 4.79 Å². The summed E-state index contributed by atoms with van der Waals surface area (Å²) in [5.74, 6) is 1.51. The first-order valence-corrected chi connectivity index (χ1v) is 8.14. The quantitative estimate of drug-likeness (QED) is 0.783. The standard InChI is InChI=1S/C19H20O2/c1-18-7-6-15-14-4-3-13(20)8-11(14)2-5-16(15)19(18)10-12(19)9-17(18)21/h3-4,8,12,20H,2,5-7,9-10H2,1H3/t12-,18-,19+/m1/s1. The number of carbonyl (C=O) groups excluding carboxylic acids is 1. The Morgan fingerprint density at radius 2 is 2.10 bits per heavy atom. The van der Waals surface area contributed by atoms with Crippen LogP contribution in [0.3, 0.4) is 0 Å². The Morgan fingerprint density at radius 3 is 2.95 bits per heavy atom. The minimum absolute atomic E-state index is 0.0784. The first kappa shape index (κ1) is 12.0. The van der Waals surface area contributed by atoms with E-state index in [9.17, 15) is 9.90 Å². The van der Waals surface area contributed by atoms with Gasteiger partial charge < -0.3 is 5.11 Å². The lowest BCUT2D eigenvalue weighted by atomic mass is 9.59. The van der Waals surface area contributed by atoms with Gasteiger partial charge >= 0.3 is 0 Å². The maximum Gasteiger partial charge on any atom is 0.139 e. The van der Waals surface area contributed by atoms with Crippen molar-refractivity contribution >= 4 is 11.4 Å². The summed E-state index contributed by atoms with van der Waals surface area (Å²) in [4.78, 5) is 12.5. The molecule has 2 saturated carbocycles. The summed E-state index contributed by atoms with van der Waals surface area (Å²) in [5, 5.41) is 9.71. The summed E-state index contributed by atoms with van der Waals surface area (Å²) in [6, 6.07) is 5.83. The number of hydrogen-bond acceptors (Lipinski definition) is 2. The summed E-state index contributed by atoms with van der Waals surface area (Å²) in [6.07, 6.45) is 6.20. The topological polar surface area (TPSA) is 37.3 Å². The van der Waals surface area contributed by atoms with E-state index in [0.717, 1.165) is 32.1 Å². The van der Waals surface area contributed by atoms with E-state index in [4.69, 9.17) is 0 Å². The Hall–Kier alpha value is -1.57. The maximum atomic E-state index is 12.5. The fourth-order valence-electron chi connectivity index (χ4n) is 5.82. The van der Waals surface area contributed by atoms with E-state index in [1.807, 2.05) is 12.1 Å². The first-order chi connectivity index (χ1) is 10.1. The first-order valence-electron chi connectivity index (χ1n) is 8.14. The number of rotatable bonds is 0. The fraction of sp³-hybridized carbons (Fsp3) is 0.526. The van der Waals surface area contributed by atoms with Crippen molar-refractivity contribution in [3.8, 4) is 5.75 Å². The van der Waals surface area contributed by atoms with Crippen LogP contribution >= 0.6 is 0 Å². The molecule has 0 aromatic heterocycles. The van der Waals surface area contributed by atoms with Crippen molar-refractivity contribution in [3.05, 3.63) is 34.9 Å². The molecule has 1 spiro atoms. The van der Waals surface area contributed by atoms with Crippen molar-refractivity contribution < 1.29 is 9.90 Å². The highest BCUT2D eigenvalue weighted by molar-refractivity contribution is 5.94. The van der Waals surface area contributed by atoms with E-state index < -0.39 is 0 Å². The molecule has 0 unspecified atom stereocenters. The lowest BCUT2D eigenvalue weighted by Gasteiger charge is -2.43. The summed E-state index contributed by atoms with van der Waals surface area (Å²) >= 11 is 0. The van der Waals surface area contributed by atoms with Crippen LogP contribution in [-0.2, 0) is 11.2 Å². The van der Waals surface area contributed by atoms with Gasteiger partial charge in [-0.05, 0) is 66.9 Å². The summed E-state index contributed by atoms with van der Waals surface area (Å²) < 4.78 is 0. The normalized spacial score (nSPS) is 39.5. The number of phenolic OH excluding ortho intramolecular Hbond substituents is 1. The number of Topliss-reactive ketones (excluding diaryl/α,β-unsaturated/α-hetero) is 1. The van der Waals surface area contributed by atoms with Gasteiger partial charge in [-0.1, -0.05) is 18.6 Å².